The second-order valence-electron chi connectivity index (χ2n) is 4.45. The fourth-order valence-corrected chi connectivity index (χ4v) is 3.12. The summed E-state index contributed by atoms with van der Waals surface area (Å²) in [6, 6.07) is 0.544. The number of hydrogen-bond donors (Lipinski definition) is 2. The topological polar surface area (TPSA) is 44.4 Å². The molecule has 0 aliphatic carbocycles. The van der Waals surface area contributed by atoms with Gasteiger partial charge in [0, 0.05) is 43.9 Å². The molecule has 1 heterocycles. The van der Waals surface area contributed by atoms with Crippen LogP contribution >= 0.6 is 11.8 Å². The monoisotopic (exact) mass is 245 g/mol. The molecule has 16 heavy (non-hydrogen) atoms. The van der Waals surface area contributed by atoms with Crippen molar-refractivity contribution in [2.75, 3.05) is 40.0 Å². The van der Waals surface area contributed by atoms with E-state index in [1.807, 2.05) is 18.7 Å². The van der Waals surface area contributed by atoms with Crippen LogP contribution in [0.4, 0.5) is 0 Å². The Morgan fingerprint density at radius 1 is 1.62 bits per heavy atom. The van der Waals surface area contributed by atoms with Crippen LogP contribution < -0.4 is 10.6 Å². The smallest absolute Gasteiger partial charge is 0.223 e. The first-order valence-corrected chi connectivity index (χ1v) is 7.04. The Labute approximate surface area is 103 Å². The SMILES string of the molecule is CNC(=O)C(C)CN(C)C1CNCC1SC. The maximum atomic E-state index is 11.5. The predicted octanol–water partition coefficient (Wildman–Crippen LogP) is 0.00370. The van der Waals surface area contributed by atoms with Crippen molar-refractivity contribution in [1.29, 1.82) is 0 Å². The second-order valence-corrected chi connectivity index (χ2v) is 5.53. The van der Waals surface area contributed by atoms with Crippen LogP contribution in [0, 0.1) is 5.92 Å². The zero-order valence-corrected chi connectivity index (χ0v) is 11.4. The van der Waals surface area contributed by atoms with Gasteiger partial charge in [-0.25, -0.2) is 0 Å². The van der Waals surface area contributed by atoms with Crippen molar-refractivity contribution in [1.82, 2.24) is 15.5 Å². The number of amides is 1. The molecule has 1 saturated heterocycles. The molecule has 0 aromatic rings. The number of thioether (sulfide) groups is 1. The molecule has 1 aliphatic rings. The highest BCUT2D eigenvalue weighted by atomic mass is 32.2. The molecule has 5 heteroatoms. The van der Waals surface area contributed by atoms with E-state index in [1.165, 1.54) is 0 Å². The third kappa shape index (κ3) is 3.37. The minimum Gasteiger partial charge on any atom is -0.359 e. The molecule has 1 rings (SSSR count). The normalized spacial score (nSPS) is 27.1. The molecule has 3 atom stereocenters. The van der Waals surface area contributed by atoms with Crippen molar-refractivity contribution in [3.05, 3.63) is 0 Å². The summed E-state index contributed by atoms with van der Waals surface area (Å²) >= 11 is 1.91. The van der Waals surface area contributed by atoms with Crippen LogP contribution in [0.2, 0.25) is 0 Å². The maximum Gasteiger partial charge on any atom is 0.223 e. The van der Waals surface area contributed by atoms with Gasteiger partial charge >= 0.3 is 0 Å². The molecule has 0 aromatic carbocycles. The molecule has 0 saturated carbocycles. The lowest BCUT2D eigenvalue weighted by molar-refractivity contribution is -0.124. The molecule has 1 amide bonds. The van der Waals surface area contributed by atoms with Crippen molar-refractivity contribution >= 4 is 17.7 Å². The third-order valence-corrected chi connectivity index (χ3v) is 4.34. The van der Waals surface area contributed by atoms with Crippen LogP contribution in [0.15, 0.2) is 0 Å². The Balaban J connectivity index is 2.45. The molecule has 2 N–H and O–H groups in total. The van der Waals surface area contributed by atoms with Gasteiger partial charge in [-0.15, -0.1) is 0 Å². The van der Waals surface area contributed by atoms with Gasteiger partial charge in [0.1, 0.15) is 0 Å². The van der Waals surface area contributed by atoms with Crippen LogP contribution in [-0.4, -0.2) is 62.1 Å². The number of hydrogen-bond acceptors (Lipinski definition) is 4. The maximum absolute atomic E-state index is 11.5. The summed E-state index contributed by atoms with van der Waals surface area (Å²) < 4.78 is 0. The highest BCUT2D eigenvalue weighted by Crippen LogP contribution is 2.19. The van der Waals surface area contributed by atoms with Crippen molar-refractivity contribution in [3.63, 3.8) is 0 Å². The molecule has 0 spiro atoms. The van der Waals surface area contributed by atoms with E-state index < -0.39 is 0 Å². The first-order valence-electron chi connectivity index (χ1n) is 5.75. The fourth-order valence-electron chi connectivity index (χ4n) is 2.22. The van der Waals surface area contributed by atoms with E-state index >= 15 is 0 Å². The molecule has 1 fully saturated rings. The Hall–Kier alpha value is -0.260. The Kier molecular flexibility index (Phi) is 5.58. The van der Waals surface area contributed by atoms with E-state index in [-0.39, 0.29) is 11.8 Å². The van der Waals surface area contributed by atoms with Crippen LogP contribution in [-0.2, 0) is 4.79 Å². The molecule has 0 bridgehead atoms. The van der Waals surface area contributed by atoms with Crippen molar-refractivity contribution in [3.8, 4) is 0 Å². The van der Waals surface area contributed by atoms with Gasteiger partial charge in [-0.1, -0.05) is 6.92 Å². The van der Waals surface area contributed by atoms with Gasteiger partial charge in [0.05, 0.1) is 0 Å². The first kappa shape index (κ1) is 13.8. The van der Waals surface area contributed by atoms with Gasteiger partial charge in [0.15, 0.2) is 0 Å². The average Bonchev–Trinajstić information content (AvgIpc) is 2.75. The number of carbonyl (C=O) groups is 1. The highest BCUT2D eigenvalue weighted by molar-refractivity contribution is 7.99. The number of nitrogens with zero attached hydrogens (tertiary/aromatic N) is 1. The molecule has 1 aliphatic heterocycles. The molecule has 0 radical (unpaired) electrons. The van der Waals surface area contributed by atoms with E-state index in [1.54, 1.807) is 7.05 Å². The van der Waals surface area contributed by atoms with E-state index in [0.29, 0.717) is 11.3 Å². The molecule has 0 aromatic heterocycles. The molecule has 3 unspecified atom stereocenters. The number of rotatable bonds is 5. The summed E-state index contributed by atoms with van der Waals surface area (Å²) in [5.74, 6) is 0.177. The average molecular weight is 245 g/mol. The van der Waals surface area contributed by atoms with Crippen LogP contribution in [0.1, 0.15) is 6.92 Å². The van der Waals surface area contributed by atoms with Gasteiger partial charge in [0.25, 0.3) is 0 Å². The summed E-state index contributed by atoms with van der Waals surface area (Å²) in [4.78, 5) is 13.8. The van der Waals surface area contributed by atoms with E-state index in [2.05, 4.69) is 28.8 Å². The van der Waals surface area contributed by atoms with Gasteiger partial charge in [0.2, 0.25) is 5.91 Å². The summed E-state index contributed by atoms with van der Waals surface area (Å²) in [6.45, 7) is 4.90. The van der Waals surface area contributed by atoms with Crippen LogP contribution in [0.5, 0.6) is 0 Å². The standard InChI is InChI=1S/C11H23N3OS/c1-8(11(15)12-2)7-14(3)9-5-13-6-10(9)16-4/h8-10,13H,5-7H2,1-4H3,(H,12,15). The van der Waals surface area contributed by atoms with Gasteiger partial charge < -0.3 is 15.5 Å². The third-order valence-electron chi connectivity index (χ3n) is 3.25. The Bertz CT molecular complexity index is 237. The molecular formula is C11H23N3OS. The van der Waals surface area contributed by atoms with Gasteiger partial charge in [-0.05, 0) is 13.3 Å². The fraction of sp³-hybridized carbons (Fsp3) is 0.909. The van der Waals surface area contributed by atoms with E-state index in [4.69, 9.17) is 0 Å². The zero-order chi connectivity index (χ0) is 12.1. The van der Waals surface area contributed by atoms with Crippen LogP contribution in [0.25, 0.3) is 0 Å². The molecule has 4 nitrogen and oxygen atoms in total. The van der Waals surface area contributed by atoms with Crippen LogP contribution in [0.3, 0.4) is 0 Å². The lowest BCUT2D eigenvalue weighted by Gasteiger charge is -2.29. The quantitative estimate of drug-likeness (QED) is 0.716. The largest absolute Gasteiger partial charge is 0.359 e. The highest BCUT2D eigenvalue weighted by Gasteiger charge is 2.30. The van der Waals surface area contributed by atoms with Gasteiger partial charge in [-0.3, -0.25) is 4.79 Å². The van der Waals surface area contributed by atoms with Crippen molar-refractivity contribution in [2.24, 2.45) is 5.92 Å². The van der Waals surface area contributed by atoms with E-state index in [9.17, 15) is 4.79 Å². The Morgan fingerprint density at radius 3 is 2.88 bits per heavy atom. The summed E-state index contributed by atoms with van der Waals surface area (Å²) in [7, 11) is 3.81. The van der Waals surface area contributed by atoms with Crippen molar-refractivity contribution in [2.45, 2.75) is 18.2 Å². The summed E-state index contributed by atoms with van der Waals surface area (Å²) in [5, 5.41) is 6.75. The predicted molar refractivity (Wildman–Crippen MR) is 69.8 cm³/mol. The summed E-state index contributed by atoms with van der Waals surface area (Å²) in [6.07, 6.45) is 2.15. The molecule has 94 valence electrons. The number of likely N-dealkylation sites (N-methyl/N-ethyl adjacent to an activating group) is 1. The lowest BCUT2D eigenvalue weighted by atomic mass is 10.1. The lowest BCUT2D eigenvalue weighted by Crippen LogP contribution is -2.44. The number of carbonyl (C=O) groups excluding carboxylic acids is 1. The zero-order valence-electron chi connectivity index (χ0n) is 10.6. The Morgan fingerprint density at radius 2 is 2.31 bits per heavy atom. The van der Waals surface area contributed by atoms with Gasteiger partial charge in [-0.2, -0.15) is 11.8 Å². The number of nitrogens with one attached hydrogen (secondary N) is 2. The molecular weight excluding hydrogens is 222 g/mol. The minimum atomic E-state index is 0.0538. The van der Waals surface area contributed by atoms with Crippen molar-refractivity contribution < 1.29 is 4.79 Å². The minimum absolute atomic E-state index is 0.0538. The van der Waals surface area contributed by atoms with E-state index in [0.717, 1.165) is 19.6 Å². The summed E-state index contributed by atoms with van der Waals surface area (Å²) in [5.41, 5.74) is 0. The second kappa shape index (κ2) is 6.47. The first-order chi connectivity index (χ1) is 7.60.